The van der Waals surface area contributed by atoms with Crippen LogP contribution in [0.5, 0.6) is 0 Å². The minimum Gasteiger partial charge on any atom is -0.481 e. The van der Waals surface area contributed by atoms with Gasteiger partial charge in [0.1, 0.15) is 9.75 Å². The maximum atomic E-state index is 11.5. The van der Waals surface area contributed by atoms with Crippen molar-refractivity contribution in [2.24, 2.45) is 23.2 Å². The lowest BCUT2D eigenvalue weighted by Gasteiger charge is -2.60. The summed E-state index contributed by atoms with van der Waals surface area (Å²) >= 11 is 12.7. The van der Waals surface area contributed by atoms with E-state index in [4.69, 9.17) is 23.2 Å². The van der Waals surface area contributed by atoms with Crippen LogP contribution in [-0.2, 0) is 4.79 Å². The van der Waals surface area contributed by atoms with Crippen LogP contribution in [0.4, 0.5) is 0 Å². The van der Waals surface area contributed by atoms with Gasteiger partial charge in [0.15, 0.2) is 0 Å². The summed E-state index contributed by atoms with van der Waals surface area (Å²) in [6.07, 6.45) is 4.61. The van der Waals surface area contributed by atoms with Gasteiger partial charge in [-0.2, -0.15) is 0 Å². The van der Waals surface area contributed by atoms with Crippen LogP contribution in [0.1, 0.15) is 32.1 Å². The fraction of sp³-hybridized carbons (Fsp3) is 0.909. The van der Waals surface area contributed by atoms with Crippen LogP contribution in [0.2, 0.25) is 0 Å². The molecular formula is C11H14Cl2O2. The van der Waals surface area contributed by atoms with Crippen molar-refractivity contribution in [1.82, 2.24) is 0 Å². The average Bonchev–Trinajstić information content (AvgIpc) is 2.13. The average molecular weight is 249 g/mol. The van der Waals surface area contributed by atoms with Gasteiger partial charge >= 0.3 is 5.97 Å². The lowest BCUT2D eigenvalue weighted by Crippen LogP contribution is -2.62. The van der Waals surface area contributed by atoms with Gasteiger partial charge in [-0.25, -0.2) is 0 Å². The highest BCUT2D eigenvalue weighted by molar-refractivity contribution is 6.50. The summed E-state index contributed by atoms with van der Waals surface area (Å²) in [6.45, 7) is 0. The standard InChI is InChI=1S/C11H14Cl2O2/c12-11(13)8-2-6-1-7(3-8)5-10(11,4-6)9(14)15/h6-8H,1-5H2,(H,14,15)/t6-,7-,8?,10?/m0/s1. The summed E-state index contributed by atoms with van der Waals surface area (Å²) in [5, 5.41) is 9.45. The van der Waals surface area contributed by atoms with Gasteiger partial charge < -0.3 is 5.11 Å². The number of halogens is 2. The number of hydrogen-bond donors (Lipinski definition) is 1. The molecule has 0 aromatic carbocycles. The molecular weight excluding hydrogens is 235 g/mol. The third kappa shape index (κ3) is 1.10. The molecule has 0 unspecified atom stereocenters. The molecule has 0 radical (unpaired) electrons. The highest BCUT2D eigenvalue weighted by atomic mass is 35.5. The van der Waals surface area contributed by atoms with E-state index >= 15 is 0 Å². The van der Waals surface area contributed by atoms with Gasteiger partial charge in [0.2, 0.25) is 0 Å². The zero-order valence-corrected chi connectivity index (χ0v) is 9.89. The van der Waals surface area contributed by atoms with E-state index in [0.717, 1.165) is 12.8 Å². The number of carboxylic acid groups (broad SMARTS) is 1. The van der Waals surface area contributed by atoms with E-state index in [9.17, 15) is 9.90 Å². The molecule has 4 heteroatoms. The normalized spacial score (nSPS) is 50.7. The highest BCUT2D eigenvalue weighted by Crippen LogP contribution is 2.68. The Labute approximate surface area is 98.9 Å². The van der Waals surface area contributed by atoms with E-state index in [1.807, 2.05) is 0 Å². The molecule has 0 spiro atoms. The molecule has 4 bridgehead atoms. The topological polar surface area (TPSA) is 37.3 Å². The molecule has 0 aromatic rings. The molecule has 1 N–H and O–H groups in total. The van der Waals surface area contributed by atoms with Gasteiger partial charge in [-0.1, -0.05) is 0 Å². The molecule has 4 saturated carbocycles. The second-order valence-corrected chi connectivity index (χ2v) is 6.94. The lowest BCUT2D eigenvalue weighted by atomic mass is 9.49. The Morgan fingerprint density at radius 2 is 1.67 bits per heavy atom. The molecule has 84 valence electrons. The van der Waals surface area contributed by atoms with Gasteiger partial charge in [-0.3, -0.25) is 4.79 Å². The van der Waals surface area contributed by atoms with Crippen LogP contribution in [0, 0.1) is 23.2 Å². The third-order valence-electron chi connectivity index (χ3n) is 4.74. The number of aliphatic carboxylic acids is 1. The molecule has 15 heavy (non-hydrogen) atoms. The lowest BCUT2D eigenvalue weighted by molar-refractivity contribution is -0.166. The van der Waals surface area contributed by atoms with E-state index in [0.29, 0.717) is 24.7 Å². The summed E-state index contributed by atoms with van der Waals surface area (Å²) in [4.78, 5) is 11.5. The molecule has 4 rings (SSSR count). The third-order valence-corrected chi connectivity index (χ3v) is 6.08. The van der Waals surface area contributed by atoms with Crippen LogP contribution in [-0.4, -0.2) is 15.4 Å². The van der Waals surface area contributed by atoms with E-state index in [1.165, 1.54) is 6.42 Å². The summed E-state index contributed by atoms with van der Waals surface area (Å²) in [5.41, 5.74) is -0.856. The predicted octanol–water partition coefficient (Wildman–Crippen LogP) is 3.07. The largest absolute Gasteiger partial charge is 0.481 e. The highest BCUT2D eigenvalue weighted by Gasteiger charge is 2.68. The summed E-state index contributed by atoms with van der Waals surface area (Å²) in [6, 6.07) is 0. The van der Waals surface area contributed by atoms with Crippen LogP contribution in [0.3, 0.4) is 0 Å². The van der Waals surface area contributed by atoms with Crippen molar-refractivity contribution in [3.63, 3.8) is 0 Å². The van der Waals surface area contributed by atoms with Crippen molar-refractivity contribution in [1.29, 1.82) is 0 Å². The van der Waals surface area contributed by atoms with Crippen molar-refractivity contribution in [2.75, 3.05) is 0 Å². The Balaban J connectivity index is 2.08. The first kappa shape index (κ1) is 10.2. The van der Waals surface area contributed by atoms with E-state index in [1.54, 1.807) is 0 Å². The number of carboxylic acids is 1. The Morgan fingerprint density at radius 1 is 1.13 bits per heavy atom. The van der Waals surface area contributed by atoms with E-state index < -0.39 is 15.7 Å². The Hall–Kier alpha value is 0.0500. The molecule has 0 saturated heterocycles. The second-order valence-electron chi connectivity index (χ2n) is 5.55. The van der Waals surface area contributed by atoms with Gasteiger partial charge in [0.25, 0.3) is 0 Å². The number of carbonyl (C=O) groups is 1. The van der Waals surface area contributed by atoms with Crippen molar-refractivity contribution in [2.45, 2.75) is 36.4 Å². The first-order valence-electron chi connectivity index (χ1n) is 5.57. The van der Waals surface area contributed by atoms with E-state index in [2.05, 4.69) is 0 Å². The van der Waals surface area contributed by atoms with Crippen molar-refractivity contribution in [3.8, 4) is 0 Å². The number of rotatable bonds is 1. The molecule has 0 amide bonds. The first-order valence-corrected chi connectivity index (χ1v) is 6.32. The molecule has 2 atom stereocenters. The number of hydrogen-bond acceptors (Lipinski definition) is 1. The smallest absolute Gasteiger partial charge is 0.312 e. The first-order chi connectivity index (χ1) is 6.96. The van der Waals surface area contributed by atoms with Crippen LogP contribution in [0.15, 0.2) is 0 Å². The maximum absolute atomic E-state index is 11.5. The Morgan fingerprint density at radius 3 is 2.13 bits per heavy atom. The summed E-state index contributed by atoms with van der Waals surface area (Å²) in [5.74, 6) is 0.503. The molecule has 0 aliphatic heterocycles. The van der Waals surface area contributed by atoms with Gasteiger partial charge in [0, 0.05) is 0 Å². The Kier molecular flexibility index (Phi) is 1.93. The monoisotopic (exact) mass is 248 g/mol. The van der Waals surface area contributed by atoms with Crippen LogP contribution in [0.25, 0.3) is 0 Å². The molecule has 0 heterocycles. The van der Waals surface area contributed by atoms with Crippen molar-refractivity contribution >= 4 is 29.2 Å². The molecule has 0 aromatic heterocycles. The Bertz CT molecular complexity index is 313. The minimum atomic E-state index is -1.04. The fourth-order valence-electron chi connectivity index (χ4n) is 4.24. The summed E-state index contributed by atoms with van der Waals surface area (Å²) in [7, 11) is 0. The minimum absolute atomic E-state index is 0.197. The predicted molar refractivity (Wildman–Crippen MR) is 58.1 cm³/mol. The SMILES string of the molecule is O=C(O)C12C[C@@H]3CC(C[C@H](C3)C1)C2(Cl)Cl. The fourth-order valence-corrected chi connectivity index (χ4v) is 5.07. The summed E-state index contributed by atoms with van der Waals surface area (Å²) < 4.78 is -1.04. The van der Waals surface area contributed by atoms with E-state index in [-0.39, 0.29) is 5.92 Å². The zero-order chi connectivity index (χ0) is 10.8. The quantitative estimate of drug-likeness (QED) is 0.725. The second kappa shape index (κ2) is 2.84. The zero-order valence-electron chi connectivity index (χ0n) is 8.38. The van der Waals surface area contributed by atoms with Crippen molar-refractivity contribution in [3.05, 3.63) is 0 Å². The molecule has 4 fully saturated rings. The molecule has 4 aliphatic carbocycles. The van der Waals surface area contributed by atoms with Crippen LogP contribution < -0.4 is 0 Å². The van der Waals surface area contributed by atoms with Gasteiger partial charge in [0.05, 0.1) is 0 Å². The molecule has 2 nitrogen and oxygen atoms in total. The molecule has 4 aliphatic rings. The number of alkyl halides is 2. The maximum Gasteiger partial charge on any atom is 0.312 e. The van der Waals surface area contributed by atoms with Gasteiger partial charge in [-0.05, 0) is 49.9 Å². The van der Waals surface area contributed by atoms with Gasteiger partial charge in [-0.15, -0.1) is 23.2 Å². The van der Waals surface area contributed by atoms with Crippen LogP contribution >= 0.6 is 23.2 Å². The van der Waals surface area contributed by atoms with Crippen molar-refractivity contribution < 1.29 is 9.90 Å².